The van der Waals surface area contributed by atoms with Gasteiger partial charge in [0, 0.05) is 5.69 Å². The van der Waals surface area contributed by atoms with Gasteiger partial charge in [-0.3, -0.25) is 4.55 Å². The Labute approximate surface area is 113 Å². The third-order valence-electron chi connectivity index (χ3n) is 2.26. The van der Waals surface area contributed by atoms with Gasteiger partial charge in [0.05, 0.1) is 5.69 Å². The first-order valence-corrected chi connectivity index (χ1v) is 6.72. The number of aromatic nitrogens is 3. The van der Waals surface area contributed by atoms with E-state index >= 15 is 0 Å². The summed E-state index contributed by atoms with van der Waals surface area (Å²) in [6.07, 6.45) is -0.942. The van der Waals surface area contributed by atoms with Crippen molar-refractivity contribution >= 4 is 27.4 Å². The molecule has 0 saturated heterocycles. The summed E-state index contributed by atoms with van der Waals surface area (Å²) in [6.45, 7) is 1.49. The fourth-order valence-corrected chi connectivity index (χ4v) is 2.09. The molecule has 0 bridgehead atoms. The summed E-state index contributed by atoms with van der Waals surface area (Å²) in [5, 5.41) is 2.65. The quantitative estimate of drug-likeness (QED) is 0.562. The zero-order valence-electron chi connectivity index (χ0n) is 10.2. The van der Waals surface area contributed by atoms with Crippen LogP contribution in [0.4, 0.5) is 21.7 Å². The Bertz CT molecular complexity index is 745. The number of hydrogen-bond donors (Lipinski definition) is 3. The molecule has 8 nitrogen and oxygen atoms in total. The molecule has 0 unspecified atom stereocenters. The zero-order chi connectivity index (χ0) is 14.9. The lowest BCUT2D eigenvalue weighted by atomic mass is 10.3. The van der Waals surface area contributed by atoms with Crippen LogP contribution in [0.5, 0.6) is 0 Å². The topological polar surface area (TPSA) is 131 Å². The molecule has 0 aliphatic carbocycles. The predicted molar refractivity (Wildman–Crippen MR) is 68.5 cm³/mol. The second-order valence-corrected chi connectivity index (χ2v) is 5.22. The van der Waals surface area contributed by atoms with Gasteiger partial charge in [-0.05, 0) is 25.1 Å². The summed E-state index contributed by atoms with van der Waals surface area (Å²) < 4.78 is 43.9. The first-order valence-electron chi connectivity index (χ1n) is 5.28. The average molecular weight is 299 g/mol. The number of nitrogens with zero attached hydrogens (tertiary/aromatic N) is 3. The summed E-state index contributed by atoms with van der Waals surface area (Å²) in [6, 6.07) is 3.69. The molecule has 0 aliphatic heterocycles. The lowest BCUT2D eigenvalue weighted by Crippen LogP contribution is -2.06. The lowest BCUT2D eigenvalue weighted by molar-refractivity contribution is 0.483. The fourth-order valence-electron chi connectivity index (χ4n) is 1.50. The van der Waals surface area contributed by atoms with Crippen LogP contribution < -0.4 is 11.1 Å². The predicted octanol–water partition coefficient (Wildman–Crippen LogP) is 0.892. The monoisotopic (exact) mass is 299 g/mol. The highest BCUT2D eigenvalue weighted by Gasteiger charge is 2.14. The number of aryl methyl sites for hydroxylation is 1. The van der Waals surface area contributed by atoms with E-state index in [0.717, 1.165) is 6.07 Å². The first-order chi connectivity index (χ1) is 9.25. The number of hydrogen-bond acceptors (Lipinski definition) is 7. The Morgan fingerprint density at radius 2 is 2.00 bits per heavy atom. The molecule has 1 aromatic heterocycles. The Morgan fingerprint density at radius 1 is 1.30 bits per heavy atom. The molecule has 20 heavy (non-hydrogen) atoms. The van der Waals surface area contributed by atoms with Gasteiger partial charge in [-0.1, -0.05) is 0 Å². The zero-order valence-corrected chi connectivity index (χ0v) is 11.0. The molecule has 0 aliphatic rings. The average Bonchev–Trinajstić information content (AvgIpc) is 2.25. The van der Waals surface area contributed by atoms with Gasteiger partial charge in [0.2, 0.25) is 5.95 Å². The largest absolute Gasteiger partial charge is 0.398 e. The van der Waals surface area contributed by atoms with Gasteiger partial charge in [-0.2, -0.15) is 27.8 Å². The summed E-state index contributed by atoms with van der Waals surface area (Å²) in [4.78, 5) is 10.2. The van der Waals surface area contributed by atoms with Gasteiger partial charge < -0.3 is 11.1 Å². The molecule has 1 heterocycles. The van der Waals surface area contributed by atoms with Crippen molar-refractivity contribution in [3.05, 3.63) is 30.1 Å². The van der Waals surface area contributed by atoms with Crippen LogP contribution in [0.15, 0.2) is 23.1 Å². The van der Waals surface area contributed by atoms with Crippen LogP contribution >= 0.6 is 0 Å². The highest BCUT2D eigenvalue weighted by Crippen LogP contribution is 2.23. The van der Waals surface area contributed by atoms with Gasteiger partial charge in [0.15, 0.2) is 0 Å². The number of benzene rings is 1. The normalized spacial score (nSPS) is 11.3. The van der Waals surface area contributed by atoms with E-state index in [1.54, 1.807) is 0 Å². The van der Waals surface area contributed by atoms with Gasteiger partial charge in [0.1, 0.15) is 10.7 Å². The minimum Gasteiger partial charge on any atom is -0.398 e. The van der Waals surface area contributed by atoms with Crippen LogP contribution in [0, 0.1) is 13.0 Å². The SMILES string of the molecule is Cc1nc(F)nc(Nc2ccc(S(=O)(=O)O)c(N)c2)n1. The van der Waals surface area contributed by atoms with Crippen molar-refractivity contribution < 1.29 is 17.4 Å². The second-order valence-electron chi connectivity index (χ2n) is 3.83. The maximum atomic E-state index is 13.0. The lowest BCUT2D eigenvalue weighted by Gasteiger charge is -2.08. The fraction of sp³-hybridized carbons (Fsp3) is 0.100. The molecule has 10 heteroatoms. The van der Waals surface area contributed by atoms with Gasteiger partial charge in [0.25, 0.3) is 10.1 Å². The van der Waals surface area contributed by atoms with Crippen LogP contribution in [-0.2, 0) is 10.1 Å². The minimum atomic E-state index is -4.39. The Balaban J connectivity index is 2.33. The molecule has 4 N–H and O–H groups in total. The van der Waals surface area contributed by atoms with E-state index in [9.17, 15) is 12.8 Å². The molecule has 0 atom stereocenters. The van der Waals surface area contributed by atoms with E-state index in [4.69, 9.17) is 10.3 Å². The molecule has 2 aromatic rings. The van der Waals surface area contributed by atoms with Crippen LogP contribution in [0.2, 0.25) is 0 Å². The van der Waals surface area contributed by atoms with Crippen molar-refractivity contribution in [1.82, 2.24) is 15.0 Å². The van der Waals surface area contributed by atoms with E-state index in [-0.39, 0.29) is 17.5 Å². The molecule has 0 saturated carbocycles. The van der Waals surface area contributed by atoms with Gasteiger partial charge >= 0.3 is 6.08 Å². The van der Waals surface area contributed by atoms with Gasteiger partial charge in [-0.15, -0.1) is 0 Å². The van der Waals surface area contributed by atoms with Crippen LogP contribution in [-0.4, -0.2) is 27.9 Å². The Kier molecular flexibility index (Phi) is 3.51. The van der Waals surface area contributed by atoms with E-state index in [1.165, 1.54) is 19.1 Å². The smallest absolute Gasteiger partial charge is 0.313 e. The Hall–Kier alpha value is -2.33. The van der Waals surface area contributed by atoms with E-state index in [0.29, 0.717) is 5.69 Å². The molecule has 1 aromatic carbocycles. The van der Waals surface area contributed by atoms with Crippen molar-refractivity contribution in [2.75, 3.05) is 11.1 Å². The van der Waals surface area contributed by atoms with Crippen molar-refractivity contribution in [3.63, 3.8) is 0 Å². The van der Waals surface area contributed by atoms with Crippen molar-refractivity contribution in [2.24, 2.45) is 0 Å². The number of nitrogen functional groups attached to an aromatic ring is 1. The van der Waals surface area contributed by atoms with E-state index in [2.05, 4.69) is 20.3 Å². The minimum absolute atomic E-state index is 0.0472. The number of nitrogens with two attached hydrogens (primary N) is 1. The maximum absolute atomic E-state index is 13.0. The highest BCUT2D eigenvalue weighted by molar-refractivity contribution is 7.86. The second kappa shape index (κ2) is 4.98. The van der Waals surface area contributed by atoms with Crippen LogP contribution in [0.3, 0.4) is 0 Å². The highest BCUT2D eigenvalue weighted by atomic mass is 32.2. The number of anilines is 3. The van der Waals surface area contributed by atoms with Crippen LogP contribution in [0.25, 0.3) is 0 Å². The standard InChI is InChI=1S/C10H10FN5O3S/c1-5-13-9(11)16-10(14-5)15-6-2-3-8(7(12)4-6)20(17,18)19/h2-4H,12H2,1H3,(H,17,18,19)(H,13,14,15,16). The molecule has 0 spiro atoms. The molecular weight excluding hydrogens is 289 g/mol. The maximum Gasteiger partial charge on any atom is 0.313 e. The molecule has 0 fully saturated rings. The first kappa shape index (κ1) is 14.1. The number of rotatable bonds is 3. The molecule has 0 amide bonds. The molecule has 106 valence electrons. The summed E-state index contributed by atoms with van der Waals surface area (Å²) in [5.41, 5.74) is 5.68. The number of halogens is 1. The third kappa shape index (κ3) is 3.16. The molecule has 2 rings (SSSR count). The van der Waals surface area contributed by atoms with E-state index < -0.39 is 21.1 Å². The summed E-state index contributed by atoms with van der Waals surface area (Å²) in [7, 11) is -4.39. The molecule has 0 radical (unpaired) electrons. The molecular formula is C10H10FN5O3S. The number of nitrogens with one attached hydrogen (secondary N) is 1. The third-order valence-corrected chi connectivity index (χ3v) is 3.19. The van der Waals surface area contributed by atoms with Crippen molar-refractivity contribution in [3.8, 4) is 0 Å². The van der Waals surface area contributed by atoms with Crippen molar-refractivity contribution in [1.29, 1.82) is 0 Å². The summed E-state index contributed by atoms with van der Waals surface area (Å²) >= 11 is 0. The van der Waals surface area contributed by atoms with E-state index in [1.807, 2.05) is 0 Å². The van der Waals surface area contributed by atoms with Crippen LogP contribution in [0.1, 0.15) is 5.82 Å². The summed E-state index contributed by atoms with van der Waals surface area (Å²) in [5.74, 6) is 0.136. The van der Waals surface area contributed by atoms with Crippen molar-refractivity contribution in [2.45, 2.75) is 11.8 Å². The van der Waals surface area contributed by atoms with Gasteiger partial charge in [-0.25, -0.2) is 0 Å². The Morgan fingerprint density at radius 3 is 2.55 bits per heavy atom.